The zero-order chi connectivity index (χ0) is 13.4. The lowest BCUT2D eigenvalue weighted by atomic mass is 10.3. The van der Waals surface area contributed by atoms with Crippen molar-refractivity contribution < 1.29 is 9.13 Å². The van der Waals surface area contributed by atoms with Crippen LogP contribution in [0.15, 0.2) is 34.4 Å². The van der Waals surface area contributed by atoms with Gasteiger partial charge in [-0.2, -0.15) is 0 Å². The van der Waals surface area contributed by atoms with Crippen molar-refractivity contribution in [3.63, 3.8) is 0 Å². The van der Waals surface area contributed by atoms with Crippen molar-refractivity contribution in [3.05, 3.63) is 45.9 Å². The Kier molecular flexibility index (Phi) is 3.16. The van der Waals surface area contributed by atoms with Crippen LogP contribution in [0.4, 0.5) is 10.1 Å². The van der Waals surface area contributed by atoms with Gasteiger partial charge in [-0.3, -0.25) is 4.40 Å². The third-order valence-electron chi connectivity index (χ3n) is 2.57. The molecule has 0 aliphatic heterocycles. The fourth-order valence-corrected chi connectivity index (χ4v) is 2.75. The SMILES string of the molecule is Nc1cc(Br)c(F)cc1OCc1cn2ccsc2n1. The number of imidazole rings is 1. The number of rotatable bonds is 3. The Morgan fingerprint density at radius 3 is 3.11 bits per heavy atom. The van der Waals surface area contributed by atoms with Crippen molar-refractivity contribution in [2.45, 2.75) is 6.61 Å². The second kappa shape index (κ2) is 4.82. The number of hydrogen-bond acceptors (Lipinski definition) is 4. The number of aromatic nitrogens is 2. The lowest BCUT2D eigenvalue weighted by Crippen LogP contribution is -2.00. The normalized spacial score (nSPS) is 11.1. The summed E-state index contributed by atoms with van der Waals surface area (Å²) in [7, 11) is 0. The van der Waals surface area contributed by atoms with Crippen LogP contribution in [0, 0.1) is 5.82 Å². The summed E-state index contributed by atoms with van der Waals surface area (Å²) in [6, 6.07) is 2.74. The van der Waals surface area contributed by atoms with Crippen molar-refractivity contribution in [3.8, 4) is 5.75 Å². The highest BCUT2D eigenvalue weighted by molar-refractivity contribution is 9.10. The van der Waals surface area contributed by atoms with Gasteiger partial charge in [0.2, 0.25) is 0 Å². The lowest BCUT2D eigenvalue weighted by Gasteiger charge is -2.08. The van der Waals surface area contributed by atoms with Crippen molar-refractivity contribution in [2.24, 2.45) is 0 Å². The molecule has 3 aromatic rings. The molecule has 0 saturated carbocycles. The number of nitrogens with zero attached hydrogens (tertiary/aromatic N) is 2. The summed E-state index contributed by atoms with van der Waals surface area (Å²) in [4.78, 5) is 5.27. The van der Waals surface area contributed by atoms with Crippen molar-refractivity contribution in [1.82, 2.24) is 9.38 Å². The number of halogens is 2. The topological polar surface area (TPSA) is 52.5 Å². The van der Waals surface area contributed by atoms with Gasteiger partial charge in [0.15, 0.2) is 4.96 Å². The number of nitrogens with two attached hydrogens (primary N) is 1. The van der Waals surface area contributed by atoms with E-state index >= 15 is 0 Å². The molecule has 0 saturated heterocycles. The molecule has 0 amide bonds. The second-order valence-corrected chi connectivity index (χ2v) is 5.65. The molecule has 0 spiro atoms. The molecule has 0 bridgehead atoms. The third kappa shape index (κ3) is 2.43. The van der Waals surface area contributed by atoms with E-state index in [1.54, 1.807) is 11.3 Å². The fraction of sp³-hybridized carbons (Fsp3) is 0.0833. The molecule has 2 aromatic heterocycles. The number of fused-ring (bicyclic) bond motifs is 1. The zero-order valence-electron chi connectivity index (χ0n) is 9.64. The summed E-state index contributed by atoms with van der Waals surface area (Å²) in [5, 5.41) is 1.95. The number of nitrogen functional groups attached to an aromatic ring is 1. The molecule has 19 heavy (non-hydrogen) atoms. The Morgan fingerprint density at radius 2 is 2.32 bits per heavy atom. The van der Waals surface area contributed by atoms with Crippen LogP contribution in [0.1, 0.15) is 5.69 Å². The average molecular weight is 342 g/mol. The lowest BCUT2D eigenvalue weighted by molar-refractivity contribution is 0.302. The monoisotopic (exact) mass is 341 g/mol. The molecule has 98 valence electrons. The summed E-state index contributed by atoms with van der Waals surface area (Å²) in [6.07, 6.45) is 3.79. The van der Waals surface area contributed by atoms with Crippen molar-refractivity contribution in [1.29, 1.82) is 0 Å². The van der Waals surface area contributed by atoms with Gasteiger partial charge in [-0.25, -0.2) is 9.37 Å². The summed E-state index contributed by atoms with van der Waals surface area (Å²) < 4.78 is 21.1. The molecule has 0 radical (unpaired) electrons. The van der Waals surface area contributed by atoms with E-state index in [2.05, 4.69) is 20.9 Å². The van der Waals surface area contributed by atoms with Gasteiger partial charge >= 0.3 is 0 Å². The standard InChI is InChI=1S/C12H9BrFN3OS/c13-8-3-10(15)11(4-9(8)14)18-6-7-5-17-1-2-19-12(17)16-7/h1-5H,6,15H2. The number of ether oxygens (including phenoxy) is 1. The van der Waals surface area contributed by atoms with E-state index in [1.807, 2.05) is 22.2 Å². The van der Waals surface area contributed by atoms with E-state index in [0.29, 0.717) is 15.9 Å². The molecule has 7 heteroatoms. The van der Waals surface area contributed by atoms with Crippen LogP contribution in [0.25, 0.3) is 4.96 Å². The van der Waals surface area contributed by atoms with E-state index in [0.717, 1.165) is 10.7 Å². The van der Waals surface area contributed by atoms with Crippen LogP contribution in [0.2, 0.25) is 0 Å². The summed E-state index contributed by atoms with van der Waals surface area (Å²) in [6.45, 7) is 0.250. The Hall–Kier alpha value is -1.60. The Morgan fingerprint density at radius 1 is 1.47 bits per heavy atom. The third-order valence-corrected chi connectivity index (χ3v) is 3.95. The van der Waals surface area contributed by atoms with Crippen LogP contribution in [0.5, 0.6) is 5.75 Å². The van der Waals surface area contributed by atoms with Gasteiger partial charge in [-0.05, 0) is 22.0 Å². The van der Waals surface area contributed by atoms with Gasteiger partial charge in [-0.15, -0.1) is 11.3 Å². The highest BCUT2D eigenvalue weighted by atomic mass is 79.9. The molecular weight excluding hydrogens is 333 g/mol. The molecule has 3 rings (SSSR count). The van der Waals surface area contributed by atoms with Crippen LogP contribution in [0.3, 0.4) is 0 Å². The summed E-state index contributed by atoms with van der Waals surface area (Å²) in [5.41, 5.74) is 6.92. The van der Waals surface area contributed by atoms with E-state index in [4.69, 9.17) is 10.5 Å². The minimum absolute atomic E-state index is 0.250. The Labute approximate surface area is 120 Å². The predicted octanol–water partition coefficient (Wildman–Crippen LogP) is 3.46. The predicted molar refractivity (Wildman–Crippen MR) is 75.9 cm³/mol. The largest absolute Gasteiger partial charge is 0.485 e. The molecule has 2 N–H and O–H groups in total. The maximum Gasteiger partial charge on any atom is 0.193 e. The molecule has 1 aromatic carbocycles. The quantitative estimate of drug-likeness (QED) is 0.742. The Balaban J connectivity index is 1.79. The number of anilines is 1. The van der Waals surface area contributed by atoms with Crippen LogP contribution in [-0.4, -0.2) is 9.38 Å². The van der Waals surface area contributed by atoms with Gasteiger partial charge in [0.1, 0.15) is 18.2 Å². The van der Waals surface area contributed by atoms with Crippen LogP contribution < -0.4 is 10.5 Å². The average Bonchev–Trinajstić information content (AvgIpc) is 2.92. The first-order valence-corrected chi connectivity index (χ1v) is 7.09. The van der Waals surface area contributed by atoms with Gasteiger partial charge < -0.3 is 10.5 Å². The van der Waals surface area contributed by atoms with Gasteiger partial charge in [-0.1, -0.05) is 0 Å². The molecule has 0 unspecified atom stereocenters. The Bertz CT molecular complexity index is 711. The first-order chi connectivity index (χ1) is 9.13. The first-order valence-electron chi connectivity index (χ1n) is 5.42. The molecule has 0 aliphatic rings. The first kappa shape index (κ1) is 12.4. The molecule has 0 atom stereocenters. The van der Waals surface area contributed by atoms with Crippen molar-refractivity contribution >= 4 is 37.9 Å². The highest BCUT2D eigenvalue weighted by Gasteiger charge is 2.09. The molecule has 2 heterocycles. The number of hydrogen-bond donors (Lipinski definition) is 1. The van der Waals surface area contributed by atoms with Gasteiger partial charge in [0, 0.05) is 23.8 Å². The van der Waals surface area contributed by atoms with Crippen LogP contribution in [-0.2, 0) is 6.61 Å². The minimum Gasteiger partial charge on any atom is -0.485 e. The zero-order valence-corrected chi connectivity index (χ0v) is 12.0. The van der Waals surface area contributed by atoms with Gasteiger partial charge in [0.25, 0.3) is 0 Å². The van der Waals surface area contributed by atoms with E-state index < -0.39 is 5.82 Å². The molecule has 0 aliphatic carbocycles. The number of thiazole rings is 1. The fourth-order valence-electron chi connectivity index (χ4n) is 1.67. The van der Waals surface area contributed by atoms with Crippen molar-refractivity contribution in [2.75, 3.05) is 5.73 Å². The van der Waals surface area contributed by atoms with E-state index in [1.165, 1.54) is 12.1 Å². The summed E-state index contributed by atoms with van der Waals surface area (Å²) in [5.74, 6) is -0.0907. The smallest absolute Gasteiger partial charge is 0.193 e. The maximum absolute atomic E-state index is 13.4. The molecule has 0 fully saturated rings. The molecular formula is C12H9BrFN3OS. The highest BCUT2D eigenvalue weighted by Crippen LogP contribution is 2.29. The summed E-state index contributed by atoms with van der Waals surface area (Å²) >= 11 is 4.61. The second-order valence-electron chi connectivity index (χ2n) is 3.92. The van der Waals surface area contributed by atoms with E-state index in [-0.39, 0.29) is 6.61 Å². The molecule has 4 nitrogen and oxygen atoms in total. The number of benzene rings is 1. The van der Waals surface area contributed by atoms with E-state index in [9.17, 15) is 4.39 Å². The van der Waals surface area contributed by atoms with Gasteiger partial charge in [0.05, 0.1) is 15.9 Å². The maximum atomic E-state index is 13.4. The minimum atomic E-state index is -0.407. The van der Waals surface area contributed by atoms with Crippen LogP contribution >= 0.6 is 27.3 Å².